The Kier molecular flexibility index (Phi) is 3.82. The standard InChI is InChI=1S/C15H16NO2/c1-11-5-4-6-14(8-11)18-10-13-7-12(2)9-15(16-13)17-3/h4-7,9H,10H2,1-3H3. The molecule has 1 heterocycles. The number of methoxy groups -OCH3 is 1. The molecule has 0 unspecified atom stereocenters. The molecule has 0 aliphatic rings. The smallest absolute Gasteiger partial charge is 0.213 e. The van der Waals surface area contributed by atoms with Crippen LogP contribution in [0.25, 0.3) is 0 Å². The highest BCUT2D eigenvalue weighted by atomic mass is 16.5. The van der Waals surface area contributed by atoms with E-state index < -0.39 is 0 Å². The lowest BCUT2D eigenvalue weighted by molar-refractivity contribution is 0.297. The van der Waals surface area contributed by atoms with Gasteiger partial charge in [-0.15, -0.1) is 0 Å². The van der Waals surface area contributed by atoms with Gasteiger partial charge in [0.2, 0.25) is 5.88 Å². The van der Waals surface area contributed by atoms with Crippen molar-refractivity contribution in [2.45, 2.75) is 20.5 Å². The van der Waals surface area contributed by atoms with Crippen LogP contribution < -0.4 is 9.47 Å². The molecule has 0 saturated heterocycles. The van der Waals surface area contributed by atoms with E-state index in [4.69, 9.17) is 9.47 Å². The van der Waals surface area contributed by atoms with Gasteiger partial charge in [0, 0.05) is 12.1 Å². The minimum absolute atomic E-state index is 0.415. The number of hydrogen-bond donors (Lipinski definition) is 0. The molecule has 2 aromatic rings. The minimum Gasteiger partial charge on any atom is -0.487 e. The lowest BCUT2D eigenvalue weighted by Gasteiger charge is -2.08. The van der Waals surface area contributed by atoms with Crippen LogP contribution in [0.15, 0.2) is 30.3 Å². The number of pyridine rings is 1. The monoisotopic (exact) mass is 242 g/mol. The fourth-order valence-corrected chi connectivity index (χ4v) is 1.68. The lowest BCUT2D eigenvalue weighted by Crippen LogP contribution is -2.00. The summed E-state index contributed by atoms with van der Waals surface area (Å²) in [5.74, 6) is 1.35. The van der Waals surface area contributed by atoms with Gasteiger partial charge in [0.1, 0.15) is 12.4 Å². The van der Waals surface area contributed by atoms with Crippen molar-refractivity contribution < 1.29 is 9.47 Å². The van der Waals surface area contributed by atoms with E-state index in [1.807, 2.05) is 44.2 Å². The highest BCUT2D eigenvalue weighted by Crippen LogP contribution is 2.15. The third-order valence-corrected chi connectivity index (χ3v) is 2.50. The number of hydrogen-bond acceptors (Lipinski definition) is 3. The Bertz CT molecular complexity index is 538. The van der Waals surface area contributed by atoms with Crippen molar-refractivity contribution in [1.82, 2.24) is 4.98 Å². The van der Waals surface area contributed by atoms with Gasteiger partial charge >= 0.3 is 0 Å². The average molecular weight is 242 g/mol. The van der Waals surface area contributed by atoms with Gasteiger partial charge in [-0.2, -0.15) is 0 Å². The minimum atomic E-state index is 0.415. The van der Waals surface area contributed by atoms with E-state index in [9.17, 15) is 0 Å². The highest BCUT2D eigenvalue weighted by Gasteiger charge is 2.02. The van der Waals surface area contributed by atoms with Crippen LogP contribution in [0.5, 0.6) is 11.6 Å². The van der Waals surface area contributed by atoms with E-state index in [2.05, 4.69) is 11.1 Å². The van der Waals surface area contributed by atoms with E-state index in [1.54, 1.807) is 7.11 Å². The Balaban J connectivity index is 2.08. The van der Waals surface area contributed by atoms with Crippen molar-refractivity contribution in [2.24, 2.45) is 0 Å². The van der Waals surface area contributed by atoms with Gasteiger partial charge in [0.05, 0.1) is 12.8 Å². The van der Waals surface area contributed by atoms with Crippen LogP contribution in [0.1, 0.15) is 16.8 Å². The summed E-state index contributed by atoms with van der Waals surface area (Å²) < 4.78 is 10.8. The molecular formula is C15H16NO2. The van der Waals surface area contributed by atoms with Crippen LogP contribution in [0.2, 0.25) is 0 Å². The van der Waals surface area contributed by atoms with Crippen molar-refractivity contribution in [3.63, 3.8) is 0 Å². The van der Waals surface area contributed by atoms with Crippen molar-refractivity contribution in [3.05, 3.63) is 53.2 Å². The van der Waals surface area contributed by atoms with E-state index in [1.165, 1.54) is 0 Å². The first-order valence-corrected chi connectivity index (χ1v) is 5.80. The molecule has 1 aromatic heterocycles. The second-order valence-electron chi connectivity index (χ2n) is 4.16. The molecular weight excluding hydrogens is 226 g/mol. The molecule has 1 aromatic carbocycles. The maximum absolute atomic E-state index is 5.65. The van der Waals surface area contributed by atoms with E-state index in [-0.39, 0.29) is 0 Å². The van der Waals surface area contributed by atoms with Crippen LogP contribution in [-0.2, 0) is 6.61 Å². The Morgan fingerprint density at radius 1 is 1.22 bits per heavy atom. The van der Waals surface area contributed by atoms with Crippen LogP contribution in [-0.4, -0.2) is 12.1 Å². The molecule has 0 spiro atoms. The Labute approximate surface area is 107 Å². The van der Waals surface area contributed by atoms with Gasteiger partial charge in [-0.3, -0.25) is 0 Å². The fourth-order valence-electron chi connectivity index (χ4n) is 1.68. The van der Waals surface area contributed by atoms with Crippen LogP contribution in [0, 0.1) is 19.9 Å². The lowest BCUT2D eigenvalue weighted by atomic mass is 10.2. The summed E-state index contributed by atoms with van der Waals surface area (Å²) in [6, 6.07) is 12.8. The van der Waals surface area contributed by atoms with Gasteiger partial charge in [0.25, 0.3) is 0 Å². The maximum atomic E-state index is 5.65. The van der Waals surface area contributed by atoms with E-state index >= 15 is 0 Å². The predicted octanol–water partition coefficient (Wildman–Crippen LogP) is 3.09. The zero-order chi connectivity index (χ0) is 13.0. The SMILES string of the molecule is COc1cc(C)cc(COc2[c]c(C)ccc2)n1. The molecule has 0 fully saturated rings. The number of aromatic nitrogens is 1. The second-order valence-corrected chi connectivity index (χ2v) is 4.16. The third kappa shape index (κ3) is 3.23. The molecule has 3 nitrogen and oxygen atoms in total. The highest BCUT2D eigenvalue weighted by molar-refractivity contribution is 5.27. The molecule has 0 aliphatic carbocycles. The van der Waals surface area contributed by atoms with Crippen molar-refractivity contribution in [3.8, 4) is 11.6 Å². The number of ether oxygens (including phenoxy) is 2. The molecule has 0 aliphatic heterocycles. The fraction of sp³-hybridized carbons (Fsp3) is 0.267. The third-order valence-electron chi connectivity index (χ3n) is 2.50. The summed E-state index contributed by atoms with van der Waals surface area (Å²) in [5, 5.41) is 0. The Morgan fingerprint density at radius 2 is 2.06 bits per heavy atom. The molecule has 1 radical (unpaired) electrons. The van der Waals surface area contributed by atoms with Gasteiger partial charge in [-0.25, -0.2) is 4.98 Å². The van der Waals surface area contributed by atoms with Crippen molar-refractivity contribution >= 4 is 0 Å². The van der Waals surface area contributed by atoms with Crippen molar-refractivity contribution in [2.75, 3.05) is 7.11 Å². The summed E-state index contributed by atoms with van der Waals surface area (Å²) in [5.41, 5.74) is 3.01. The summed E-state index contributed by atoms with van der Waals surface area (Å²) >= 11 is 0. The zero-order valence-electron chi connectivity index (χ0n) is 10.9. The summed E-state index contributed by atoms with van der Waals surface area (Å²) in [6.07, 6.45) is 0. The molecule has 0 amide bonds. The average Bonchev–Trinajstić information content (AvgIpc) is 2.36. The van der Waals surface area contributed by atoms with Crippen LogP contribution >= 0.6 is 0 Å². The molecule has 0 N–H and O–H groups in total. The van der Waals surface area contributed by atoms with Crippen molar-refractivity contribution in [1.29, 1.82) is 0 Å². The Morgan fingerprint density at radius 3 is 2.78 bits per heavy atom. The predicted molar refractivity (Wildman–Crippen MR) is 69.9 cm³/mol. The van der Waals surface area contributed by atoms with Crippen LogP contribution in [0.3, 0.4) is 0 Å². The van der Waals surface area contributed by atoms with Gasteiger partial charge < -0.3 is 9.47 Å². The summed E-state index contributed by atoms with van der Waals surface area (Å²) in [4.78, 5) is 4.33. The quantitative estimate of drug-likeness (QED) is 0.825. The van der Waals surface area contributed by atoms with Gasteiger partial charge in [-0.1, -0.05) is 12.1 Å². The first-order chi connectivity index (χ1) is 8.67. The van der Waals surface area contributed by atoms with E-state index in [0.717, 1.165) is 22.6 Å². The molecule has 93 valence electrons. The molecule has 18 heavy (non-hydrogen) atoms. The van der Waals surface area contributed by atoms with E-state index in [0.29, 0.717) is 12.5 Å². The van der Waals surface area contributed by atoms with Gasteiger partial charge in [-0.05, 0) is 37.1 Å². The largest absolute Gasteiger partial charge is 0.487 e. The maximum Gasteiger partial charge on any atom is 0.213 e. The number of nitrogens with zero attached hydrogens (tertiary/aromatic N) is 1. The zero-order valence-corrected chi connectivity index (χ0v) is 10.9. The number of aryl methyl sites for hydroxylation is 2. The molecule has 3 heteroatoms. The first-order valence-electron chi connectivity index (χ1n) is 5.80. The molecule has 2 rings (SSSR count). The topological polar surface area (TPSA) is 31.4 Å². The first kappa shape index (κ1) is 12.4. The Hall–Kier alpha value is -2.03. The van der Waals surface area contributed by atoms with Gasteiger partial charge in [0.15, 0.2) is 0 Å². The summed E-state index contributed by atoms with van der Waals surface area (Å²) in [6.45, 7) is 4.41. The molecule has 0 atom stereocenters. The second kappa shape index (κ2) is 5.54. The summed E-state index contributed by atoms with van der Waals surface area (Å²) in [7, 11) is 1.61. The molecule has 0 saturated carbocycles. The molecule has 0 bridgehead atoms. The van der Waals surface area contributed by atoms with Crippen LogP contribution in [0.4, 0.5) is 0 Å². The number of rotatable bonds is 4. The normalized spacial score (nSPS) is 10.2. The number of benzene rings is 1.